The monoisotopic (exact) mass is 389 g/mol. The first-order chi connectivity index (χ1) is 13.8. The number of anilines is 1. The number of hydrogen-bond donors (Lipinski definition) is 1. The SMILES string of the molecule is Cc1ccc(-n2c(N)c(C#N)c3nc4cc([N+](=O)[O-])c([N+](=O)[O-])cc4nc32)cc1. The third-order valence-electron chi connectivity index (χ3n) is 4.49. The zero-order valence-electron chi connectivity index (χ0n) is 14.9. The summed E-state index contributed by atoms with van der Waals surface area (Å²) in [6.07, 6.45) is 0. The van der Waals surface area contributed by atoms with Crippen molar-refractivity contribution in [2.24, 2.45) is 0 Å². The second kappa shape index (κ2) is 6.24. The quantitative estimate of drug-likeness (QED) is 0.412. The Morgan fingerprint density at radius 1 is 1.03 bits per heavy atom. The van der Waals surface area contributed by atoms with Gasteiger partial charge in [0.15, 0.2) is 5.65 Å². The lowest BCUT2D eigenvalue weighted by Gasteiger charge is -2.08. The summed E-state index contributed by atoms with van der Waals surface area (Å²) in [7, 11) is 0. The molecule has 2 heterocycles. The van der Waals surface area contributed by atoms with Crippen LogP contribution >= 0.6 is 0 Å². The Kier molecular flexibility index (Phi) is 3.83. The van der Waals surface area contributed by atoms with Crippen LogP contribution in [0.3, 0.4) is 0 Å². The van der Waals surface area contributed by atoms with E-state index in [0.29, 0.717) is 5.69 Å². The van der Waals surface area contributed by atoms with E-state index in [-0.39, 0.29) is 33.6 Å². The number of hydrogen-bond acceptors (Lipinski definition) is 8. The number of nitriles is 1. The number of fused-ring (bicyclic) bond motifs is 2. The van der Waals surface area contributed by atoms with Crippen molar-refractivity contribution in [3.63, 3.8) is 0 Å². The summed E-state index contributed by atoms with van der Waals surface area (Å²) in [6, 6.07) is 11.2. The summed E-state index contributed by atoms with van der Waals surface area (Å²) in [6.45, 7) is 1.92. The van der Waals surface area contributed by atoms with Crippen molar-refractivity contribution in [3.8, 4) is 11.8 Å². The molecule has 0 aliphatic carbocycles. The molecule has 11 heteroatoms. The van der Waals surface area contributed by atoms with Crippen molar-refractivity contribution < 1.29 is 9.85 Å². The predicted molar refractivity (Wildman–Crippen MR) is 104 cm³/mol. The van der Waals surface area contributed by atoms with E-state index in [0.717, 1.165) is 17.7 Å². The molecule has 2 N–H and O–H groups in total. The number of nitro benzene ring substituents is 2. The fraction of sp³-hybridized carbons (Fsp3) is 0.0556. The van der Waals surface area contributed by atoms with Gasteiger partial charge >= 0.3 is 11.4 Å². The molecule has 0 saturated carbocycles. The number of aryl methyl sites for hydroxylation is 1. The molecular weight excluding hydrogens is 378 g/mol. The third-order valence-corrected chi connectivity index (χ3v) is 4.49. The molecule has 0 amide bonds. The molecule has 0 unspecified atom stereocenters. The van der Waals surface area contributed by atoms with Gasteiger partial charge in [-0.2, -0.15) is 5.26 Å². The van der Waals surface area contributed by atoms with E-state index in [1.54, 1.807) is 12.1 Å². The van der Waals surface area contributed by atoms with Crippen LogP contribution in [0.5, 0.6) is 0 Å². The summed E-state index contributed by atoms with van der Waals surface area (Å²) >= 11 is 0. The third kappa shape index (κ3) is 2.67. The number of nitrogen functional groups attached to an aromatic ring is 1. The molecule has 4 rings (SSSR count). The molecule has 0 radical (unpaired) electrons. The van der Waals surface area contributed by atoms with Gasteiger partial charge in [-0.1, -0.05) is 17.7 Å². The fourth-order valence-corrected chi connectivity index (χ4v) is 3.10. The smallest absolute Gasteiger partial charge is 0.348 e. The first kappa shape index (κ1) is 17.8. The van der Waals surface area contributed by atoms with Crippen molar-refractivity contribution in [3.05, 3.63) is 67.8 Å². The second-order valence-corrected chi connectivity index (χ2v) is 6.28. The van der Waals surface area contributed by atoms with Crippen LogP contribution in [0.1, 0.15) is 11.1 Å². The topological polar surface area (TPSA) is 167 Å². The van der Waals surface area contributed by atoms with Gasteiger partial charge in [0.1, 0.15) is 23.0 Å². The maximum Gasteiger partial charge on any atom is 0.348 e. The van der Waals surface area contributed by atoms with E-state index < -0.39 is 21.2 Å². The van der Waals surface area contributed by atoms with Crippen LogP contribution in [0.2, 0.25) is 0 Å². The first-order valence-corrected chi connectivity index (χ1v) is 8.23. The average Bonchev–Trinajstić information content (AvgIpc) is 2.95. The second-order valence-electron chi connectivity index (χ2n) is 6.28. The van der Waals surface area contributed by atoms with Gasteiger partial charge < -0.3 is 5.73 Å². The van der Waals surface area contributed by atoms with E-state index in [9.17, 15) is 25.5 Å². The molecule has 11 nitrogen and oxygen atoms in total. The van der Waals surface area contributed by atoms with Crippen molar-refractivity contribution in [2.75, 3.05) is 5.73 Å². The number of benzene rings is 2. The van der Waals surface area contributed by atoms with Gasteiger partial charge in [0.05, 0.1) is 33.0 Å². The maximum atomic E-state index is 11.2. The van der Waals surface area contributed by atoms with Crippen molar-refractivity contribution in [1.82, 2.24) is 14.5 Å². The Morgan fingerprint density at radius 3 is 2.10 bits per heavy atom. The summed E-state index contributed by atoms with van der Waals surface area (Å²) in [5.74, 6) is 0.102. The molecule has 142 valence electrons. The molecule has 2 aromatic carbocycles. The van der Waals surface area contributed by atoms with Crippen molar-refractivity contribution >= 4 is 39.4 Å². The molecule has 0 aliphatic rings. The first-order valence-electron chi connectivity index (χ1n) is 8.23. The van der Waals surface area contributed by atoms with E-state index in [1.807, 2.05) is 25.1 Å². The Morgan fingerprint density at radius 2 is 1.59 bits per heavy atom. The van der Waals surface area contributed by atoms with Crippen LogP contribution in [0, 0.1) is 38.5 Å². The number of nitrogens with two attached hydrogens (primary N) is 1. The lowest BCUT2D eigenvalue weighted by Crippen LogP contribution is -2.02. The average molecular weight is 389 g/mol. The molecule has 2 aromatic heterocycles. The predicted octanol–water partition coefficient (Wildman–Crippen LogP) is 3.15. The molecule has 0 saturated heterocycles. The Balaban J connectivity index is 2.12. The van der Waals surface area contributed by atoms with Gasteiger partial charge in [-0.15, -0.1) is 0 Å². The van der Waals surface area contributed by atoms with Crippen LogP contribution in [0.25, 0.3) is 27.9 Å². The lowest BCUT2D eigenvalue weighted by atomic mass is 10.2. The van der Waals surface area contributed by atoms with Crippen LogP contribution in [-0.4, -0.2) is 24.4 Å². The van der Waals surface area contributed by atoms with Gasteiger partial charge in [-0.05, 0) is 19.1 Å². The Hall–Kier alpha value is -4.59. The molecule has 0 aliphatic heterocycles. The molecule has 29 heavy (non-hydrogen) atoms. The van der Waals surface area contributed by atoms with Crippen molar-refractivity contribution in [1.29, 1.82) is 5.26 Å². The number of nitrogens with zero attached hydrogens (tertiary/aromatic N) is 6. The number of nitro groups is 2. The summed E-state index contributed by atoms with van der Waals surface area (Å²) in [5.41, 5.74) is 6.97. The number of aromatic nitrogens is 3. The van der Waals surface area contributed by atoms with E-state index >= 15 is 0 Å². The highest BCUT2D eigenvalue weighted by molar-refractivity contribution is 5.95. The Labute approximate surface area is 161 Å². The summed E-state index contributed by atoms with van der Waals surface area (Å²) in [4.78, 5) is 29.4. The normalized spacial score (nSPS) is 10.9. The molecule has 4 aromatic rings. The minimum Gasteiger partial charge on any atom is -0.384 e. The van der Waals surface area contributed by atoms with Crippen LogP contribution in [0.4, 0.5) is 17.2 Å². The summed E-state index contributed by atoms with van der Waals surface area (Å²) < 4.78 is 1.52. The van der Waals surface area contributed by atoms with Gasteiger partial charge in [-0.25, -0.2) is 9.97 Å². The molecule has 0 bridgehead atoms. The zero-order chi connectivity index (χ0) is 20.9. The minimum atomic E-state index is -0.861. The highest BCUT2D eigenvalue weighted by Crippen LogP contribution is 2.34. The van der Waals surface area contributed by atoms with Gasteiger partial charge in [0, 0.05) is 5.69 Å². The molecule has 0 fully saturated rings. The molecular formula is C18H11N7O4. The molecule has 0 spiro atoms. The maximum absolute atomic E-state index is 11.2. The van der Waals surface area contributed by atoms with Crippen LogP contribution in [0.15, 0.2) is 36.4 Å². The number of rotatable bonds is 3. The van der Waals surface area contributed by atoms with E-state index in [1.165, 1.54) is 4.57 Å². The minimum absolute atomic E-state index is 0.0485. The van der Waals surface area contributed by atoms with E-state index in [2.05, 4.69) is 9.97 Å². The van der Waals surface area contributed by atoms with Gasteiger partial charge in [0.2, 0.25) is 0 Å². The van der Waals surface area contributed by atoms with E-state index in [4.69, 9.17) is 5.73 Å². The largest absolute Gasteiger partial charge is 0.384 e. The van der Waals surface area contributed by atoms with Gasteiger partial charge in [0.25, 0.3) is 0 Å². The standard InChI is InChI=1S/C18H11N7O4/c1-9-2-4-10(5-3-9)23-17(20)11(8-19)16-18(23)22-13-7-15(25(28)29)14(24(26)27)6-12(13)21-16/h2-7H,20H2,1H3. The molecule has 0 atom stereocenters. The van der Waals surface area contributed by atoms with Crippen LogP contribution < -0.4 is 5.73 Å². The van der Waals surface area contributed by atoms with Crippen LogP contribution in [-0.2, 0) is 0 Å². The highest BCUT2D eigenvalue weighted by atomic mass is 16.6. The lowest BCUT2D eigenvalue weighted by molar-refractivity contribution is -0.422. The van der Waals surface area contributed by atoms with Crippen molar-refractivity contribution in [2.45, 2.75) is 6.92 Å². The Bertz CT molecular complexity index is 1380. The summed E-state index contributed by atoms with van der Waals surface area (Å²) in [5, 5.41) is 32.0. The fourth-order valence-electron chi connectivity index (χ4n) is 3.10. The zero-order valence-corrected chi connectivity index (χ0v) is 14.9. The highest BCUT2D eigenvalue weighted by Gasteiger charge is 2.27. The van der Waals surface area contributed by atoms with Gasteiger partial charge in [-0.3, -0.25) is 24.8 Å².